The van der Waals surface area contributed by atoms with Gasteiger partial charge in [0.05, 0.1) is 0 Å². The first-order chi connectivity index (χ1) is 7.70. The minimum atomic E-state index is -0.990. The number of aryl methyl sites for hydroxylation is 1. The second kappa shape index (κ2) is 6.61. The third-order valence-electron chi connectivity index (χ3n) is 2.15. The quantitative estimate of drug-likeness (QED) is 0.435. The molecule has 0 atom stereocenters. The average molecular weight is 220 g/mol. The second-order valence-electron chi connectivity index (χ2n) is 3.50. The molecule has 0 spiro atoms. The zero-order valence-electron chi connectivity index (χ0n) is 9.31. The predicted octanol–water partition coefficient (Wildman–Crippen LogP) is 1.67. The summed E-state index contributed by atoms with van der Waals surface area (Å²) in [6.45, 7) is 2.14. The van der Waals surface area contributed by atoms with Crippen molar-refractivity contribution in [2.75, 3.05) is 6.54 Å². The van der Waals surface area contributed by atoms with E-state index in [2.05, 4.69) is 22.7 Å². The molecule has 1 rings (SSSR count). The minimum absolute atomic E-state index is 0.0831. The Balaban J connectivity index is 2.18. The molecule has 0 aliphatic carbocycles. The summed E-state index contributed by atoms with van der Waals surface area (Å²) >= 11 is 0. The Morgan fingerprint density at radius 2 is 2.06 bits per heavy atom. The van der Waals surface area contributed by atoms with E-state index in [1.54, 1.807) is 0 Å². The van der Waals surface area contributed by atoms with Crippen molar-refractivity contribution in [1.82, 2.24) is 5.43 Å². The Hall–Kier alpha value is -1.84. The Labute approximate surface area is 95.0 Å². The van der Waals surface area contributed by atoms with Crippen LogP contribution in [0.25, 0.3) is 0 Å². The fourth-order valence-electron chi connectivity index (χ4n) is 1.24. The van der Waals surface area contributed by atoms with Gasteiger partial charge in [-0.3, -0.25) is 0 Å². The monoisotopic (exact) mass is 220 g/mol. The highest BCUT2D eigenvalue weighted by Gasteiger charge is 1.99. The average Bonchev–Trinajstić information content (AvgIpc) is 2.29. The van der Waals surface area contributed by atoms with Gasteiger partial charge >= 0.3 is 5.97 Å². The summed E-state index contributed by atoms with van der Waals surface area (Å²) < 4.78 is 0. The number of carboxylic acids is 1. The van der Waals surface area contributed by atoms with Crippen LogP contribution in [-0.4, -0.2) is 23.3 Å². The number of carboxylic acid groups (broad SMARTS) is 1. The number of hydrazone groups is 1. The van der Waals surface area contributed by atoms with Crippen molar-refractivity contribution in [1.29, 1.82) is 0 Å². The van der Waals surface area contributed by atoms with Gasteiger partial charge in [0.1, 0.15) is 5.71 Å². The fraction of sp³-hybridized carbons (Fsp3) is 0.333. The van der Waals surface area contributed by atoms with Gasteiger partial charge in [-0.25, -0.2) is 4.79 Å². The SMILES string of the molecule is C/C(=N\NCCCc1ccccc1)C(=O)O. The molecular formula is C12H16N2O2. The number of carbonyl (C=O) groups is 1. The first-order valence-electron chi connectivity index (χ1n) is 5.24. The molecule has 0 aromatic heterocycles. The second-order valence-corrected chi connectivity index (χ2v) is 3.50. The molecule has 0 unspecified atom stereocenters. The standard InChI is InChI=1S/C12H16N2O2/c1-10(12(15)16)14-13-9-5-8-11-6-3-2-4-7-11/h2-4,6-7,13H,5,8-9H2,1H3,(H,15,16)/b14-10+. The number of hydrogen-bond donors (Lipinski definition) is 2. The van der Waals surface area contributed by atoms with Crippen molar-refractivity contribution in [3.8, 4) is 0 Å². The van der Waals surface area contributed by atoms with Crippen LogP contribution >= 0.6 is 0 Å². The first kappa shape index (κ1) is 12.2. The molecule has 1 aromatic carbocycles. The molecule has 0 heterocycles. The van der Waals surface area contributed by atoms with Crippen molar-refractivity contribution in [2.24, 2.45) is 5.10 Å². The van der Waals surface area contributed by atoms with E-state index in [-0.39, 0.29) is 5.71 Å². The maximum atomic E-state index is 10.4. The van der Waals surface area contributed by atoms with Crippen molar-refractivity contribution in [3.63, 3.8) is 0 Å². The van der Waals surface area contributed by atoms with Gasteiger partial charge in [0.25, 0.3) is 0 Å². The number of nitrogens with zero attached hydrogens (tertiary/aromatic N) is 1. The zero-order valence-corrected chi connectivity index (χ0v) is 9.31. The molecule has 0 bridgehead atoms. The highest BCUT2D eigenvalue weighted by atomic mass is 16.4. The lowest BCUT2D eigenvalue weighted by molar-refractivity contribution is -0.129. The van der Waals surface area contributed by atoms with Gasteiger partial charge in [-0.05, 0) is 25.3 Å². The Morgan fingerprint density at radius 1 is 1.38 bits per heavy atom. The molecule has 0 saturated carbocycles. The van der Waals surface area contributed by atoms with Crippen LogP contribution in [0.1, 0.15) is 18.9 Å². The van der Waals surface area contributed by atoms with Gasteiger partial charge in [0.2, 0.25) is 0 Å². The largest absolute Gasteiger partial charge is 0.477 e. The molecule has 1 aromatic rings. The van der Waals surface area contributed by atoms with E-state index in [9.17, 15) is 4.79 Å². The lowest BCUT2D eigenvalue weighted by Crippen LogP contribution is -2.16. The van der Waals surface area contributed by atoms with E-state index in [1.165, 1.54) is 12.5 Å². The van der Waals surface area contributed by atoms with Crippen molar-refractivity contribution in [2.45, 2.75) is 19.8 Å². The number of nitrogens with one attached hydrogen (secondary N) is 1. The summed E-state index contributed by atoms with van der Waals surface area (Å²) in [7, 11) is 0. The number of aliphatic carboxylic acids is 1. The van der Waals surface area contributed by atoms with E-state index < -0.39 is 5.97 Å². The molecule has 16 heavy (non-hydrogen) atoms. The predicted molar refractivity (Wildman–Crippen MR) is 63.5 cm³/mol. The summed E-state index contributed by atoms with van der Waals surface area (Å²) in [5, 5.41) is 12.3. The van der Waals surface area contributed by atoms with Crippen molar-refractivity contribution in [3.05, 3.63) is 35.9 Å². The van der Waals surface area contributed by atoms with Crippen LogP contribution in [0.3, 0.4) is 0 Å². The smallest absolute Gasteiger partial charge is 0.351 e. The molecule has 2 N–H and O–H groups in total. The maximum Gasteiger partial charge on any atom is 0.351 e. The normalized spacial score (nSPS) is 11.2. The topological polar surface area (TPSA) is 61.7 Å². The van der Waals surface area contributed by atoms with Crippen LogP contribution in [0.15, 0.2) is 35.4 Å². The van der Waals surface area contributed by atoms with Crippen LogP contribution in [-0.2, 0) is 11.2 Å². The molecule has 0 radical (unpaired) electrons. The highest BCUT2D eigenvalue weighted by molar-refractivity contribution is 6.34. The van der Waals surface area contributed by atoms with Gasteiger partial charge in [-0.2, -0.15) is 5.10 Å². The summed E-state index contributed by atoms with van der Waals surface area (Å²) in [5.41, 5.74) is 4.11. The summed E-state index contributed by atoms with van der Waals surface area (Å²) in [4.78, 5) is 10.4. The fourth-order valence-corrected chi connectivity index (χ4v) is 1.24. The van der Waals surface area contributed by atoms with Crippen LogP contribution in [0.2, 0.25) is 0 Å². The first-order valence-corrected chi connectivity index (χ1v) is 5.24. The molecule has 0 saturated heterocycles. The summed E-state index contributed by atoms with van der Waals surface area (Å²) in [5.74, 6) is -0.990. The van der Waals surface area contributed by atoms with E-state index in [0.717, 1.165) is 12.8 Å². The summed E-state index contributed by atoms with van der Waals surface area (Å²) in [6.07, 6.45) is 1.90. The van der Waals surface area contributed by atoms with Crippen molar-refractivity contribution >= 4 is 11.7 Å². The van der Waals surface area contributed by atoms with Gasteiger partial charge in [-0.15, -0.1) is 0 Å². The maximum absolute atomic E-state index is 10.4. The van der Waals surface area contributed by atoms with Gasteiger partial charge in [-0.1, -0.05) is 30.3 Å². The zero-order chi connectivity index (χ0) is 11.8. The molecule has 4 nitrogen and oxygen atoms in total. The van der Waals surface area contributed by atoms with E-state index in [0.29, 0.717) is 6.54 Å². The van der Waals surface area contributed by atoms with Gasteiger partial charge in [0, 0.05) is 6.54 Å². The Morgan fingerprint density at radius 3 is 2.69 bits per heavy atom. The third-order valence-corrected chi connectivity index (χ3v) is 2.15. The van der Waals surface area contributed by atoms with Crippen LogP contribution in [0, 0.1) is 0 Å². The van der Waals surface area contributed by atoms with Crippen molar-refractivity contribution < 1.29 is 9.90 Å². The van der Waals surface area contributed by atoms with Gasteiger partial charge in [0.15, 0.2) is 0 Å². The molecule has 86 valence electrons. The van der Waals surface area contributed by atoms with Crippen LogP contribution in [0.5, 0.6) is 0 Å². The summed E-state index contributed by atoms with van der Waals surface area (Å²) in [6, 6.07) is 10.2. The third kappa shape index (κ3) is 4.59. The Bertz CT molecular complexity index is 361. The van der Waals surface area contributed by atoms with E-state index in [4.69, 9.17) is 5.11 Å². The highest BCUT2D eigenvalue weighted by Crippen LogP contribution is 2.01. The Kier molecular flexibility index (Phi) is 5.05. The number of benzene rings is 1. The number of hydrogen-bond acceptors (Lipinski definition) is 3. The molecule has 0 amide bonds. The molecule has 4 heteroatoms. The number of rotatable bonds is 6. The van der Waals surface area contributed by atoms with E-state index >= 15 is 0 Å². The van der Waals surface area contributed by atoms with Crippen LogP contribution in [0.4, 0.5) is 0 Å². The lowest BCUT2D eigenvalue weighted by atomic mass is 10.1. The molecule has 0 aliphatic heterocycles. The van der Waals surface area contributed by atoms with E-state index in [1.807, 2.05) is 18.2 Å². The lowest BCUT2D eigenvalue weighted by Gasteiger charge is -2.01. The van der Waals surface area contributed by atoms with Gasteiger partial charge < -0.3 is 10.5 Å². The van der Waals surface area contributed by atoms with Crippen LogP contribution < -0.4 is 5.43 Å². The molecule has 0 aliphatic rings. The minimum Gasteiger partial charge on any atom is -0.477 e. The molecular weight excluding hydrogens is 204 g/mol. The molecule has 0 fully saturated rings.